The lowest BCUT2D eigenvalue weighted by Gasteiger charge is -2.37. The van der Waals surface area contributed by atoms with E-state index in [2.05, 4.69) is 40.0 Å². The molecule has 3 nitrogen and oxygen atoms in total. The van der Waals surface area contributed by atoms with Crippen LogP contribution in [-0.4, -0.2) is 12.5 Å². The van der Waals surface area contributed by atoms with Crippen molar-refractivity contribution in [3.05, 3.63) is 63.6 Å². The van der Waals surface area contributed by atoms with Gasteiger partial charge in [0.05, 0.1) is 22.8 Å². The summed E-state index contributed by atoms with van der Waals surface area (Å²) in [7, 11) is 0. The number of nitrogens with zero attached hydrogens (tertiary/aromatic N) is 2. The number of guanidine groups is 1. The van der Waals surface area contributed by atoms with Crippen molar-refractivity contribution in [2.45, 2.75) is 12.5 Å². The fourth-order valence-electron chi connectivity index (χ4n) is 2.68. The molecule has 3 rings (SSSR count). The molecule has 0 amide bonds. The molecule has 21 heavy (non-hydrogen) atoms. The summed E-state index contributed by atoms with van der Waals surface area (Å²) in [6.07, 6.45) is 0. The van der Waals surface area contributed by atoms with Gasteiger partial charge in [-0.1, -0.05) is 51.8 Å². The molecule has 2 N–H and O–H groups in total. The van der Waals surface area contributed by atoms with Gasteiger partial charge in [-0.2, -0.15) is 0 Å². The van der Waals surface area contributed by atoms with Crippen LogP contribution in [0.4, 0.5) is 5.69 Å². The molecule has 1 heterocycles. The molecule has 0 saturated carbocycles. The van der Waals surface area contributed by atoms with Crippen LogP contribution in [0, 0.1) is 0 Å². The van der Waals surface area contributed by atoms with Crippen LogP contribution < -0.4 is 10.6 Å². The van der Waals surface area contributed by atoms with Crippen molar-refractivity contribution in [3.8, 4) is 0 Å². The molecule has 1 aliphatic heterocycles. The molecular weight excluding hydrogens is 350 g/mol. The Morgan fingerprint density at radius 3 is 2.52 bits per heavy atom. The summed E-state index contributed by atoms with van der Waals surface area (Å²) in [6, 6.07) is 15.9. The second-order valence-electron chi connectivity index (χ2n) is 5.24. The second-order valence-corrected chi connectivity index (χ2v) is 6.56. The quantitative estimate of drug-likeness (QED) is 0.869. The molecule has 5 heteroatoms. The standard InChI is InChI=1S/C16H15BrClN3/c1-16(11-6-8-12(17)9-7-11)10-20-15(19)21(16)14-5-3-2-4-13(14)18/h2-9H,10H2,1H3,(H2,19,20). The average Bonchev–Trinajstić information content (AvgIpc) is 2.77. The lowest BCUT2D eigenvalue weighted by molar-refractivity contribution is 0.533. The SMILES string of the molecule is CC1(c2ccc(Br)cc2)CN=C(N)N1c1ccccc1Cl. The fourth-order valence-corrected chi connectivity index (χ4v) is 3.17. The summed E-state index contributed by atoms with van der Waals surface area (Å²) in [5.41, 5.74) is 7.82. The van der Waals surface area contributed by atoms with Crippen LogP contribution in [0.25, 0.3) is 0 Å². The molecule has 0 bridgehead atoms. The van der Waals surface area contributed by atoms with Gasteiger partial charge in [0.1, 0.15) is 0 Å². The third-order valence-corrected chi connectivity index (χ3v) is 4.68. The van der Waals surface area contributed by atoms with Gasteiger partial charge >= 0.3 is 0 Å². The Morgan fingerprint density at radius 1 is 1.19 bits per heavy atom. The third kappa shape index (κ3) is 2.43. The van der Waals surface area contributed by atoms with E-state index in [1.165, 1.54) is 0 Å². The van der Waals surface area contributed by atoms with E-state index in [1.54, 1.807) is 0 Å². The van der Waals surface area contributed by atoms with Gasteiger partial charge in [-0.25, -0.2) is 0 Å². The van der Waals surface area contributed by atoms with Crippen LogP contribution in [0.15, 0.2) is 58.0 Å². The molecule has 2 aromatic rings. The molecule has 1 unspecified atom stereocenters. The third-order valence-electron chi connectivity index (χ3n) is 3.83. The first-order chi connectivity index (χ1) is 10.0. The highest BCUT2D eigenvalue weighted by molar-refractivity contribution is 9.10. The lowest BCUT2D eigenvalue weighted by atomic mass is 9.90. The number of nitrogens with two attached hydrogens (primary N) is 1. The summed E-state index contributed by atoms with van der Waals surface area (Å²) in [5.74, 6) is 0.494. The molecule has 0 radical (unpaired) electrons. The number of anilines is 1. The van der Waals surface area contributed by atoms with Gasteiger partial charge in [-0.05, 0) is 36.8 Å². The molecule has 2 aromatic carbocycles. The zero-order chi connectivity index (χ0) is 15.0. The number of benzene rings is 2. The molecule has 0 aliphatic carbocycles. The van der Waals surface area contributed by atoms with E-state index in [-0.39, 0.29) is 5.54 Å². The molecular formula is C16H15BrClN3. The Kier molecular flexibility index (Phi) is 3.68. The van der Waals surface area contributed by atoms with Gasteiger partial charge in [-0.15, -0.1) is 0 Å². The van der Waals surface area contributed by atoms with Crippen molar-refractivity contribution < 1.29 is 0 Å². The second kappa shape index (κ2) is 5.35. The van der Waals surface area contributed by atoms with Crippen molar-refractivity contribution in [1.82, 2.24) is 0 Å². The summed E-state index contributed by atoms with van der Waals surface area (Å²) in [6.45, 7) is 2.73. The van der Waals surface area contributed by atoms with E-state index in [0.29, 0.717) is 17.5 Å². The number of halogens is 2. The highest BCUT2D eigenvalue weighted by Gasteiger charge is 2.41. The van der Waals surface area contributed by atoms with Crippen molar-refractivity contribution in [3.63, 3.8) is 0 Å². The number of hydrogen-bond acceptors (Lipinski definition) is 3. The Labute approximate surface area is 137 Å². The van der Waals surface area contributed by atoms with Crippen LogP contribution >= 0.6 is 27.5 Å². The van der Waals surface area contributed by atoms with Crippen LogP contribution in [0.2, 0.25) is 5.02 Å². The zero-order valence-electron chi connectivity index (χ0n) is 11.6. The Balaban J connectivity index is 2.10. The fraction of sp³-hybridized carbons (Fsp3) is 0.188. The maximum Gasteiger partial charge on any atom is 0.196 e. The van der Waals surface area contributed by atoms with Crippen molar-refractivity contribution in [2.24, 2.45) is 10.7 Å². The molecule has 108 valence electrons. The van der Waals surface area contributed by atoms with Gasteiger partial charge in [0, 0.05) is 4.47 Å². The van der Waals surface area contributed by atoms with Crippen LogP contribution in [0.5, 0.6) is 0 Å². The topological polar surface area (TPSA) is 41.6 Å². The van der Waals surface area contributed by atoms with Crippen molar-refractivity contribution >= 4 is 39.2 Å². The van der Waals surface area contributed by atoms with Gasteiger partial charge in [0.2, 0.25) is 0 Å². The van der Waals surface area contributed by atoms with Crippen LogP contribution in [-0.2, 0) is 5.54 Å². The first-order valence-corrected chi connectivity index (χ1v) is 7.80. The molecule has 0 aromatic heterocycles. The molecule has 0 spiro atoms. The van der Waals surface area contributed by atoms with Gasteiger partial charge in [0.15, 0.2) is 5.96 Å². The zero-order valence-corrected chi connectivity index (χ0v) is 13.9. The minimum absolute atomic E-state index is 0.338. The van der Waals surface area contributed by atoms with Crippen molar-refractivity contribution in [2.75, 3.05) is 11.4 Å². The molecule has 0 fully saturated rings. The summed E-state index contributed by atoms with van der Waals surface area (Å²) >= 11 is 9.82. The predicted octanol–water partition coefficient (Wildman–Crippen LogP) is 4.15. The minimum Gasteiger partial charge on any atom is -0.369 e. The first-order valence-electron chi connectivity index (χ1n) is 6.63. The first kappa shape index (κ1) is 14.4. The van der Waals surface area contributed by atoms with Gasteiger partial charge in [0.25, 0.3) is 0 Å². The molecule has 1 aliphatic rings. The predicted molar refractivity (Wildman–Crippen MR) is 91.9 cm³/mol. The number of rotatable bonds is 2. The highest BCUT2D eigenvalue weighted by atomic mass is 79.9. The number of aliphatic imine (C=N–C) groups is 1. The monoisotopic (exact) mass is 363 g/mol. The van der Waals surface area contributed by atoms with Crippen LogP contribution in [0.3, 0.4) is 0 Å². The molecule has 1 atom stereocenters. The number of para-hydroxylation sites is 1. The Morgan fingerprint density at radius 2 is 1.86 bits per heavy atom. The molecule has 0 saturated heterocycles. The summed E-state index contributed by atoms with van der Waals surface area (Å²) in [5, 5.41) is 0.667. The maximum absolute atomic E-state index is 6.35. The van der Waals surface area contributed by atoms with E-state index in [4.69, 9.17) is 17.3 Å². The van der Waals surface area contributed by atoms with E-state index in [9.17, 15) is 0 Å². The average molecular weight is 365 g/mol. The highest BCUT2D eigenvalue weighted by Crippen LogP contribution is 2.39. The Hall–Kier alpha value is -1.52. The summed E-state index contributed by atoms with van der Waals surface area (Å²) < 4.78 is 1.05. The van der Waals surface area contributed by atoms with Crippen LogP contribution in [0.1, 0.15) is 12.5 Å². The normalized spacial score (nSPS) is 21.5. The van der Waals surface area contributed by atoms with E-state index in [0.717, 1.165) is 15.7 Å². The largest absolute Gasteiger partial charge is 0.369 e. The van der Waals surface area contributed by atoms with E-state index >= 15 is 0 Å². The van der Waals surface area contributed by atoms with Crippen molar-refractivity contribution in [1.29, 1.82) is 0 Å². The van der Waals surface area contributed by atoms with E-state index in [1.807, 2.05) is 41.3 Å². The van der Waals surface area contributed by atoms with Gasteiger partial charge < -0.3 is 5.73 Å². The lowest BCUT2D eigenvalue weighted by Crippen LogP contribution is -2.47. The number of hydrogen-bond donors (Lipinski definition) is 1. The van der Waals surface area contributed by atoms with E-state index < -0.39 is 0 Å². The Bertz CT molecular complexity index is 699. The summed E-state index contributed by atoms with van der Waals surface area (Å²) in [4.78, 5) is 6.45. The smallest absolute Gasteiger partial charge is 0.196 e. The minimum atomic E-state index is -0.338. The maximum atomic E-state index is 6.35. The van der Waals surface area contributed by atoms with Gasteiger partial charge in [-0.3, -0.25) is 9.89 Å².